The molecular formula is C14H17N3O3. The van der Waals surface area contributed by atoms with Crippen molar-refractivity contribution in [3.8, 4) is 0 Å². The number of amides is 1. The van der Waals surface area contributed by atoms with Crippen molar-refractivity contribution in [1.82, 2.24) is 14.7 Å². The summed E-state index contributed by atoms with van der Waals surface area (Å²) in [5, 5.41) is 11.6. The van der Waals surface area contributed by atoms with Crippen molar-refractivity contribution in [3.63, 3.8) is 0 Å². The van der Waals surface area contributed by atoms with E-state index in [1.807, 2.05) is 19.1 Å². The molecule has 2 N–H and O–H groups in total. The Hall–Kier alpha value is -2.37. The van der Waals surface area contributed by atoms with Crippen LogP contribution in [0.5, 0.6) is 0 Å². The first kappa shape index (κ1) is 14.0. The highest BCUT2D eigenvalue weighted by Gasteiger charge is 2.31. The van der Waals surface area contributed by atoms with Crippen molar-refractivity contribution in [2.24, 2.45) is 0 Å². The van der Waals surface area contributed by atoms with E-state index < -0.39 is 17.4 Å². The maximum atomic E-state index is 12.3. The van der Waals surface area contributed by atoms with Crippen LogP contribution in [0.25, 0.3) is 5.65 Å². The number of nitrogens with one attached hydrogen (secondary N) is 1. The molecule has 0 spiro atoms. The Kier molecular flexibility index (Phi) is 3.25. The summed E-state index contributed by atoms with van der Waals surface area (Å²) in [4.78, 5) is 27.8. The standard InChI is InChI=1S/C14H17N3O3/c1-8-6-5-7-17-10(9(2)15-11(8)17)12(18)16-14(3,4)13(19)20/h5-7H,1-4H3,(H,16,18)(H,19,20). The van der Waals surface area contributed by atoms with E-state index in [1.54, 1.807) is 17.5 Å². The predicted octanol–water partition coefficient (Wildman–Crippen LogP) is 1.54. The second-order valence-electron chi connectivity index (χ2n) is 5.31. The van der Waals surface area contributed by atoms with E-state index in [9.17, 15) is 9.59 Å². The molecule has 2 rings (SSSR count). The fourth-order valence-electron chi connectivity index (χ4n) is 1.99. The van der Waals surface area contributed by atoms with Crippen LogP contribution in [0.1, 0.15) is 35.6 Å². The van der Waals surface area contributed by atoms with E-state index in [0.29, 0.717) is 17.0 Å². The van der Waals surface area contributed by atoms with Gasteiger partial charge in [0.25, 0.3) is 5.91 Å². The number of rotatable bonds is 3. The van der Waals surface area contributed by atoms with Crippen molar-refractivity contribution in [2.45, 2.75) is 33.2 Å². The lowest BCUT2D eigenvalue weighted by Gasteiger charge is -2.20. The fraction of sp³-hybridized carbons (Fsp3) is 0.357. The molecule has 2 aromatic rings. The van der Waals surface area contributed by atoms with Gasteiger partial charge in [0.05, 0.1) is 5.69 Å². The average Bonchev–Trinajstić information content (AvgIpc) is 2.66. The number of carboxylic acid groups (broad SMARTS) is 1. The minimum atomic E-state index is -1.34. The Morgan fingerprint density at radius 2 is 2.00 bits per heavy atom. The van der Waals surface area contributed by atoms with E-state index in [-0.39, 0.29) is 0 Å². The second-order valence-corrected chi connectivity index (χ2v) is 5.31. The Morgan fingerprint density at radius 1 is 1.35 bits per heavy atom. The molecule has 0 saturated heterocycles. The lowest BCUT2D eigenvalue weighted by atomic mass is 10.1. The normalized spacial score (nSPS) is 11.6. The van der Waals surface area contributed by atoms with Gasteiger partial charge in [-0.05, 0) is 39.3 Å². The molecule has 0 aliphatic rings. The molecule has 0 unspecified atom stereocenters. The summed E-state index contributed by atoms with van der Waals surface area (Å²) in [6.07, 6.45) is 1.74. The third-order valence-corrected chi connectivity index (χ3v) is 3.20. The van der Waals surface area contributed by atoms with Crippen LogP contribution in [0.15, 0.2) is 18.3 Å². The van der Waals surface area contributed by atoms with Gasteiger partial charge < -0.3 is 10.4 Å². The van der Waals surface area contributed by atoms with Crippen LogP contribution in [0.3, 0.4) is 0 Å². The van der Waals surface area contributed by atoms with Crippen molar-refractivity contribution < 1.29 is 14.7 Å². The first-order valence-electron chi connectivity index (χ1n) is 6.24. The van der Waals surface area contributed by atoms with E-state index in [1.165, 1.54) is 13.8 Å². The van der Waals surface area contributed by atoms with Gasteiger partial charge in [0.15, 0.2) is 0 Å². The molecule has 0 saturated carbocycles. The molecular weight excluding hydrogens is 258 g/mol. The number of pyridine rings is 1. The molecule has 2 aromatic heterocycles. The molecule has 0 atom stereocenters. The summed E-state index contributed by atoms with van der Waals surface area (Å²) in [6, 6.07) is 3.73. The number of aromatic nitrogens is 2. The highest BCUT2D eigenvalue weighted by atomic mass is 16.4. The molecule has 6 heteroatoms. The highest BCUT2D eigenvalue weighted by molar-refractivity contribution is 5.98. The molecule has 0 aliphatic carbocycles. The molecule has 0 bridgehead atoms. The molecule has 6 nitrogen and oxygen atoms in total. The van der Waals surface area contributed by atoms with Crippen LogP contribution < -0.4 is 5.32 Å². The van der Waals surface area contributed by atoms with Crippen LogP contribution in [0.4, 0.5) is 0 Å². The number of carbonyl (C=O) groups is 2. The molecule has 0 radical (unpaired) electrons. The third-order valence-electron chi connectivity index (χ3n) is 3.20. The largest absolute Gasteiger partial charge is 0.480 e. The number of imidazole rings is 1. The monoisotopic (exact) mass is 275 g/mol. The maximum absolute atomic E-state index is 12.3. The number of nitrogens with zero attached hydrogens (tertiary/aromatic N) is 2. The quantitative estimate of drug-likeness (QED) is 0.890. The van der Waals surface area contributed by atoms with Gasteiger partial charge in [-0.15, -0.1) is 0 Å². The van der Waals surface area contributed by atoms with Crippen LogP contribution in [-0.2, 0) is 4.79 Å². The smallest absolute Gasteiger partial charge is 0.328 e. The average molecular weight is 275 g/mol. The minimum Gasteiger partial charge on any atom is -0.480 e. The highest BCUT2D eigenvalue weighted by Crippen LogP contribution is 2.16. The second kappa shape index (κ2) is 4.63. The molecule has 0 aliphatic heterocycles. The van der Waals surface area contributed by atoms with Crippen LogP contribution >= 0.6 is 0 Å². The lowest BCUT2D eigenvalue weighted by Crippen LogP contribution is -2.50. The molecule has 1 amide bonds. The zero-order valence-electron chi connectivity index (χ0n) is 11.9. The van der Waals surface area contributed by atoms with Gasteiger partial charge in [0, 0.05) is 6.20 Å². The Bertz CT molecular complexity index is 701. The maximum Gasteiger partial charge on any atom is 0.328 e. The molecule has 106 valence electrons. The van der Waals surface area contributed by atoms with Crippen molar-refractivity contribution in [2.75, 3.05) is 0 Å². The third kappa shape index (κ3) is 2.24. The summed E-state index contributed by atoms with van der Waals surface area (Å²) in [7, 11) is 0. The number of aryl methyl sites for hydroxylation is 2. The number of aliphatic carboxylic acids is 1. The summed E-state index contributed by atoms with van der Waals surface area (Å²) < 4.78 is 1.68. The Balaban J connectivity index is 2.48. The first-order valence-corrected chi connectivity index (χ1v) is 6.24. The van der Waals surface area contributed by atoms with Crippen LogP contribution in [0, 0.1) is 13.8 Å². The van der Waals surface area contributed by atoms with Crippen molar-refractivity contribution >= 4 is 17.5 Å². The van der Waals surface area contributed by atoms with Gasteiger partial charge in [0.1, 0.15) is 16.9 Å². The van der Waals surface area contributed by atoms with Gasteiger partial charge in [-0.1, -0.05) is 6.07 Å². The number of hydrogen-bond donors (Lipinski definition) is 2. The molecule has 0 aromatic carbocycles. The Morgan fingerprint density at radius 3 is 2.60 bits per heavy atom. The van der Waals surface area contributed by atoms with Crippen molar-refractivity contribution in [1.29, 1.82) is 0 Å². The van der Waals surface area contributed by atoms with Gasteiger partial charge in [-0.2, -0.15) is 0 Å². The SMILES string of the molecule is Cc1nc2c(C)cccn2c1C(=O)NC(C)(C)C(=O)O. The topological polar surface area (TPSA) is 83.7 Å². The summed E-state index contributed by atoms with van der Waals surface area (Å²) in [5.41, 5.74) is 1.24. The number of carboxylic acids is 1. The minimum absolute atomic E-state index is 0.359. The van der Waals surface area contributed by atoms with Gasteiger partial charge in [0.2, 0.25) is 0 Å². The first-order chi connectivity index (χ1) is 9.24. The summed E-state index contributed by atoms with van der Waals surface area (Å²) in [6.45, 7) is 6.52. The summed E-state index contributed by atoms with van der Waals surface area (Å²) >= 11 is 0. The lowest BCUT2D eigenvalue weighted by molar-refractivity contribution is -0.143. The fourth-order valence-corrected chi connectivity index (χ4v) is 1.99. The number of carbonyl (C=O) groups excluding carboxylic acids is 1. The van der Waals surface area contributed by atoms with E-state index in [4.69, 9.17) is 5.11 Å². The molecule has 20 heavy (non-hydrogen) atoms. The number of hydrogen-bond acceptors (Lipinski definition) is 3. The Labute approximate surface area is 116 Å². The van der Waals surface area contributed by atoms with Crippen molar-refractivity contribution in [3.05, 3.63) is 35.3 Å². The van der Waals surface area contributed by atoms with E-state index in [0.717, 1.165) is 5.56 Å². The number of fused-ring (bicyclic) bond motifs is 1. The van der Waals surface area contributed by atoms with Gasteiger partial charge >= 0.3 is 5.97 Å². The van der Waals surface area contributed by atoms with Crippen LogP contribution in [-0.4, -0.2) is 31.9 Å². The van der Waals surface area contributed by atoms with E-state index in [2.05, 4.69) is 10.3 Å². The van der Waals surface area contributed by atoms with E-state index >= 15 is 0 Å². The summed E-state index contributed by atoms with van der Waals surface area (Å²) in [5.74, 6) is -1.54. The van der Waals surface area contributed by atoms with Crippen LogP contribution in [0.2, 0.25) is 0 Å². The van der Waals surface area contributed by atoms with Gasteiger partial charge in [-0.3, -0.25) is 9.20 Å². The van der Waals surface area contributed by atoms with Gasteiger partial charge in [-0.25, -0.2) is 9.78 Å². The molecule has 2 heterocycles. The zero-order chi connectivity index (χ0) is 15.1. The molecule has 0 fully saturated rings. The predicted molar refractivity (Wildman–Crippen MR) is 73.8 cm³/mol. The zero-order valence-corrected chi connectivity index (χ0v) is 11.9.